The minimum absolute atomic E-state index is 0.225. The number of ether oxygens (including phenoxy) is 1. The Morgan fingerprint density at radius 3 is 2.54 bits per heavy atom. The van der Waals surface area contributed by atoms with Gasteiger partial charge in [0.2, 0.25) is 0 Å². The molecular formula is C18H24FN3OS. The molecule has 1 aromatic heterocycles. The lowest BCUT2D eigenvalue weighted by molar-refractivity contribution is 0.246. The number of rotatable bonds is 8. The van der Waals surface area contributed by atoms with Crippen LogP contribution in [0.15, 0.2) is 35.8 Å². The summed E-state index contributed by atoms with van der Waals surface area (Å²) in [4.78, 5) is 9.29. The van der Waals surface area contributed by atoms with Crippen LogP contribution in [0.5, 0.6) is 5.75 Å². The van der Waals surface area contributed by atoms with Crippen LogP contribution in [0.25, 0.3) is 0 Å². The highest BCUT2D eigenvalue weighted by Crippen LogP contribution is 2.19. The number of halogens is 1. The van der Waals surface area contributed by atoms with E-state index in [1.165, 1.54) is 18.6 Å². The lowest BCUT2D eigenvalue weighted by Crippen LogP contribution is -2.46. The van der Waals surface area contributed by atoms with Crippen molar-refractivity contribution >= 4 is 16.5 Å². The number of anilines is 1. The van der Waals surface area contributed by atoms with Crippen molar-refractivity contribution in [1.82, 2.24) is 9.88 Å². The molecule has 0 atom stereocenters. The van der Waals surface area contributed by atoms with E-state index in [2.05, 4.69) is 14.8 Å². The Bertz CT molecular complexity index is 583. The molecule has 1 aromatic carbocycles. The van der Waals surface area contributed by atoms with E-state index in [0.717, 1.165) is 56.4 Å². The van der Waals surface area contributed by atoms with Crippen molar-refractivity contribution in [2.75, 3.05) is 44.2 Å². The first-order valence-corrected chi connectivity index (χ1v) is 9.44. The van der Waals surface area contributed by atoms with Crippen molar-refractivity contribution in [3.05, 3.63) is 41.7 Å². The Morgan fingerprint density at radius 2 is 1.83 bits per heavy atom. The molecule has 0 saturated carbocycles. The molecule has 6 heteroatoms. The SMILES string of the molecule is Fc1ccc(OCCCCCN2CCN(c3nccs3)CC2)cc1. The second-order valence-electron chi connectivity index (χ2n) is 6.01. The van der Waals surface area contributed by atoms with E-state index in [1.807, 2.05) is 11.6 Å². The van der Waals surface area contributed by atoms with Gasteiger partial charge in [-0.15, -0.1) is 11.3 Å². The number of hydrogen-bond acceptors (Lipinski definition) is 5. The molecule has 0 bridgehead atoms. The van der Waals surface area contributed by atoms with Gasteiger partial charge < -0.3 is 9.64 Å². The maximum absolute atomic E-state index is 12.8. The van der Waals surface area contributed by atoms with Crippen LogP contribution in [0, 0.1) is 5.82 Å². The molecule has 130 valence electrons. The van der Waals surface area contributed by atoms with Crippen LogP contribution >= 0.6 is 11.3 Å². The molecule has 1 fully saturated rings. The molecule has 0 N–H and O–H groups in total. The molecule has 0 radical (unpaired) electrons. The number of thiazole rings is 1. The molecular weight excluding hydrogens is 325 g/mol. The van der Waals surface area contributed by atoms with Gasteiger partial charge in [0.25, 0.3) is 0 Å². The zero-order valence-corrected chi connectivity index (χ0v) is 14.7. The predicted octanol–water partition coefficient (Wildman–Crippen LogP) is 3.65. The van der Waals surface area contributed by atoms with Gasteiger partial charge in [0.1, 0.15) is 11.6 Å². The fraction of sp³-hybridized carbons (Fsp3) is 0.500. The lowest BCUT2D eigenvalue weighted by Gasteiger charge is -2.34. The van der Waals surface area contributed by atoms with E-state index >= 15 is 0 Å². The Hall–Kier alpha value is -1.66. The van der Waals surface area contributed by atoms with E-state index in [9.17, 15) is 4.39 Å². The van der Waals surface area contributed by atoms with Gasteiger partial charge in [-0.25, -0.2) is 9.37 Å². The average molecular weight is 349 g/mol. The minimum atomic E-state index is -0.225. The van der Waals surface area contributed by atoms with Gasteiger partial charge in [-0.05, 0) is 50.1 Å². The summed E-state index contributed by atoms with van der Waals surface area (Å²) < 4.78 is 18.4. The van der Waals surface area contributed by atoms with Crippen molar-refractivity contribution in [2.45, 2.75) is 19.3 Å². The molecule has 0 spiro atoms. The third-order valence-electron chi connectivity index (χ3n) is 4.26. The first kappa shape index (κ1) is 17.2. The molecule has 0 aliphatic carbocycles. The highest BCUT2D eigenvalue weighted by Gasteiger charge is 2.17. The van der Waals surface area contributed by atoms with Crippen LogP contribution < -0.4 is 9.64 Å². The predicted molar refractivity (Wildman–Crippen MR) is 96.5 cm³/mol. The van der Waals surface area contributed by atoms with Crippen molar-refractivity contribution in [3.8, 4) is 5.75 Å². The van der Waals surface area contributed by atoms with Crippen LogP contribution in [0.1, 0.15) is 19.3 Å². The molecule has 2 heterocycles. The third-order valence-corrected chi connectivity index (χ3v) is 5.10. The van der Waals surface area contributed by atoms with Gasteiger partial charge in [-0.3, -0.25) is 4.90 Å². The standard InChI is InChI=1S/C18H24FN3OS/c19-16-4-6-17(7-5-16)23-14-3-1-2-9-21-10-12-22(13-11-21)18-20-8-15-24-18/h4-8,15H,1-3,9-14H2. The van der Waals surface area contributed by atoms with Crippen molar-refractivity contribution in [2.24, 2.45) is 0 Å². The van der Waals surface area contributed by atoms with E-state index < -0.39 is 0 Å². The molecule has 0 unspecified atom stereocenters. The molecule has 2 aromatic rings. The zero-order valence-electron chi connectivity index (χ0n) is 13.9. The number of aromatic nitrogens is 1. The fourth-order valence-corrected chi connectivity index (χ4v) is 3.57. The number of piperazine rings is 1. The van der Waals surface area contributed by atoms with Gasteiger partial charge in [0, 0.05) is 37.8 Å². The van der Waals surface area contributed by atoms with Gasteiger partial charge in [-0.2, -0.15) is 0 Å². The summed E-state index contributed by atoms with van der Waals surface area (Å²) in [7, 11) is 0. The van der Waals surface area contributed by atoms with Crippen LogP contribution in [0.2, 0.25) is 0 Å². The van der Waals surface area contributed by atoms with E-state index in [-0.39, 0.29) is 5.82 Å². The number of hydrogen-bond donors (Lipinski definition) is 0. The van der Waals surface area contributed by atoms with Gasteiger partial charge in [-0.1, -0.05) is 0 Å². The van der Waals surface area contributed by atoms with Gasteiger partial charge in [0.05, 0.1) is 6.61 Å². The molecule has 24 heavy (non-hydrogen) atoms. The highest BCUT2D eigenvalue weighted by atomic mass is 32.1. The van der Waals surface area contributed by atoms with E-state index in [4.69, 9.17) is 4.74 Å². The van der Waals surface area contributed by atoms with Crippen molar-refractivity contribution in [3.63, 3.8) is 0 Å². The summed E-state index contributed by atoms with van der Waals surface area (Å²) in [5.74, 6) is 0.520. The first-order chi connectivity index (χ1) is 11.8. The first-order valence-electron chi connectivity index (χ1n) is 8.56. The molecule has 3 rings (SSSR count). The largest absolute Gasteiger partial charge is 0.494 e. The highest BCUT2D eigenvalue weighted by molar-refractivity contribution is 7.13. The zero-order chi connectivity index (χ0) is 16.6. The summed E-state index contributed by atoms with van der Waals surface area (Å²) in [6, 6.07) is 6.22. The Balaban J connectivity index is 1.23. The third kappa shape index (κ3) is 5.18. The molecule has 0 amide bonds. The summed E-state index contributed by atoms with van der Waals surface area (Å²) in [6.07, 6.45) is 5.27. The lowest BCUT2D eigenvalue weighted by atomic mass is 10.2. The average Bonchev–Trinajstić information content (AvgIpc) is 3.15. The topological polar surface area (TPSA) is 28.6 Å². The fourth-order valence-electron chi connectivity index (χ4n) is 2.87. The summed E-state index contributed by atoms with van der Waals surface area (Å²) in [5.41, 5.74) is 0. The Kier molecular flexibility index (Phi) is 6.43. The van der Waals surface area contributed by atoms with Crippen LogP contribution in [-0.4, -0.2) is 49.2 Å². The summed E-state index contributed by atoms with van der Waals surface area (Å²) >= 11 is 1.72. The van der Waals surface area contributed by atoms with Gasteiger partial charge in [0.15, 0.2) is 5.13 Å². The molecule has 1 saturated heterocycles. The maximum atomic E-state index is 12.8. The van der Waals surface area contributed by atoms with E-state index in [0.29, 0.717) is 6.61 Å². The monoisotopic (exact) mass is 349 g/mol. The summed E-state index contributed by atoms with van der Waals surface area (Å²) in [6.45, 7) is 6.23. The van der Waals surface area contributed by atoms with Crippen LogP contribution in [-0.2, 0) is 0 Å². The maximum Gasteiger partial charge on any atom is 0.185 e. The smallest absolute Gasteiger partial charge is 0.185 e. The van der Waals surface area contributed by atoms with E-state index in [1.54, 1.807) is 23.5 Å². The number of unbranched alkanes of at least 4 members (excludes halogenated alkanes) is 2. The van der Waals surface area contributed by atoms with Crippen molar-refractivity contribution in [1.29, 1.82) is 0 Å². The molecule has 1 aliphatic rings. The van der Waals surface area contributed by atoms with Crippen LogP contribution in [0.4, 0.5) is 9.52 Å². The van der Waals surface area contributed by atoms with Crippen LogP contribution in [0.3, 0.4) is 0 Å². The number of benzene rings is 1. The van der Waals surface area contributed by atoms with Gasteiger partial charge >= 0.3 is 0 Å². The Morgan fingerprint density at radius 1 is 1.04 bits per heavy atom. The second-order valence-corrected chi connectivity index (χ2v) is 6.88. The minimum Gasteiger partial charge on any atom is -0.494 e. The number of nitrogens with zero attached hydrogens (tertiary/aromatic N) is 3. The van der Waals surface area contributed by atoms with Crippen molar-refractivity contribution < 1.29 is 9.13 Å². The normalized spacial score (nSPS) is 15.6. The second kappa shape index (κ2) is 8.99. The summed E-state index contributed by atoms with van der Waals surface area (Å²) in [5, 5.41) is 3.18. The molecule has 4 nitrogen and oxygen atoms in total. The Labute approximate surface area is 146 Å². The molecule has 1 aliphatic heterocycles. The quantitative estimate of drug-likeness (QED) is 0.680.